The second-order valence-electron chi connectivity index (χ2n) is 5.12. The van der Waals surface area contributed by atoms with Gasteiger partial charge in [-0.05, 0) is 31.2 Å². The third-order valence-corrected chi connectivity index (χ3v) is 3.42. The molecule has 0 spiro atoms. The number of hydrogen-bond donors (Lipinski definition) is 1. The minimum absolute atomic E-state index is 0.575. The van der Waals surface area contributed by atoms with Crippen LogP contribution in [0.3, 0.4) is 0 Å². The van der Waals surface area contributed by atoms with E-state index in [-0.39, 0.29) is 0 Å². The Morgan fingerprint density at radius 3 is 2.54 bits per heavy atom. The van der Waals surface area contributed by atoms with Gasteiger partial charge in [-0.25, -0.2) is 9.97 Å². The molecule has 0 aliphatic rings. The Balaban J connectivity index is 1.95. The molecule has 6 nitrogen and oxygen atoms in total. The van der Waals surface area contributed by atoms with Gasteiger partial charge in [0.1, 0.15) is 23.0 Å². The molecule has 0 bridgehead atoms. The van der Waals surface area contributed by atoms with Gasteiger partial charge in [0.05, 0.1) is 19.9 Å². The summed E-state index contributed by atoms with van der Waals surface area (Å²) in [5.74, 6) is 2.65. The summed E-state index contributed by atoms with van der Waals surface area (Å²) in [6.45, 7) is 1.92. The lowest BCUT2D eigenvalue weighted by Gasteiger charge is -2.13. The van der Waals surface area contributed by atoms with Gasteiger partial charge in [-0.15, -0.1) is 0 Å². The molecular weight excluding hydrogens is 304 g/mol. The molecule has 0 saturated heterocycles. The van der Waals surface area contributed by atoms with Gasteiger partial charge in [-0.1, -0.05) is 6.07 Å². The lowest BCUT2D eigenvalue weighted by Crippen LogP contribution is -2.01. The van der Waals surface area contributed by atoms with Crippen molar-refractivity contribution >= 4 is 11.5 Å². The SMILES string of the molecule is COc1ccc(Nc2cc(C)nc(-c3ccccn3)n2)c(OC)c1. The van der Waals surface area contributed by atoms with Crippen LogP contribution in [0.4, 0.5) is 11.5 Å². The molecule has 24 heavy (non-hydrogen) atoms. The van der Waals surface area contributed by atoms with Crippen LogP contribution in [0.5, 0.6) is 11.5 Å². The third kappa shape index (κ3) is 3.43. The zero-order valence-electron chi connectivity index (χ0n) is 13.8. The number of benzene rings is 1. The molecule has 0 fully saturated rings. The van der Waals surface area contributed by atoms with Crippen molar-refractivity contribution in [2.45, 2.75) is 6.92 Å². The van der Waals surface area contributed by atoms with E-state index in [1.165, 1.54) is 0 Å². The van der Waals surface area contributed by atoms with Crippen LogP contribution < -0.4 is 14.8 Å². The van der Waals surface area contributed by atoms with Crippen LogP contribution in [0.2, 0.25) is 0 Å². The second kappa shape index (κ2) is 6.95. The first-order valence-corrected chi connectivity index (χ1v) is 7.46. The molecule has 2 aromatic heterocycles. The van der Waals surface area contributed by atoms with E-state index in [4.69, 9.17) is 9.47 Å². The predicted octanol–water partition coefficient (Wildman–Crippen LogP) is 3.61. The van der Waals surface area contributed by atoms with Crippen LogP contribution in [0.25, 0.3) is 11.5 Å². The molecule has 0 saturated carbocycles. The maximum atomic E-state index is 5.41. The highest BCUT2D eigenvalue weighted by Crippen LogP contribution is 2.31. The largest absolute Gasteiger partial charge is 0.497 e. The van der Waals surface area contributed by atoms with Gasteiger partial charge in [-0.2, -0.15) is 0 Å². The second-order valence-corrected chi connectivity index (χ2v) is 5.12. The monoisotopic (exact) mass is 322 g/mol. The number of methoxy groups -OCH3 is 2. The van der Waals surface area contributed by atoms with E-state index in [1.54, 1.807) is 20.4 Å². The first-order valence-electron chi connectivity index (χ1n) is 7.46. The Morgan fingerprint density at radius 1 is 0.958 bits per heavy atom. The summed E-state index contributed by atoms with van der Waals surface area (Å²) >= 11 is 0. The van der Waals surface area contributed by atoms with Crippen molar-refractivity contribution < 1.29 is 9.47 Å². The highest BCUT2D eigenvalue weighted by atomic mass is 16.5. The van der Waals surface area contributed by atoms with Crippen molar-refractivity contribution in [3.63, 3.8) is 0 Å². The number of pyridine rings is 1. The maximum absolute atomic E-state index is 5.41. The van der Waals surface area contributed by atoms with Crippen molar-refractivity contribution in [1.82, 2.24) is 15.0 Å². The van der Waals surface area contributed by atoms with E-state index in [1.807, 2.05) is 49.4 Å². The van der Waals surface area contributed by atoms with Crippen molar-refractivity contribution in [1.29, 1.82) is 0 Å². The average molecular weight is 322 g/mol. The molecule has 0 aliphatic heterocycles. The third-order valence-electron chi connectivity index (χ3n) is 3.42. The van der Waals surface area contributed by atoms with E-state index >= 15 is 0 Å². The Hall–Kier alpha value is -3.15. The summed E-state index contributed by atoms with van der Waals surface area (Å²) in [4.78, 5) is 13.3. The standard InChI is InChI=1S/C18H18N4O2/c1-12-10-17(22-18(20-12)15-6-4-5-9-19-15)21-14-8-7-13(23-2)11-16(14)24-3/h4-11H,1-3H3,(H,20,21,22). The summed E-state index contributed by atoms with van der Waals surface area (Å²) in [5.41, 5.74) is 2.37. The molecule has 0 atom stereocenters. The quantitative estimate of drug-likeness (QED) is 0.774. The molecule has 0 amide bonds. The van der Waals surface area contributed by atoms with Gasteiger partial charge in [0.15, 0.2) is 5.82 Å². The number of rotatable bonds is 5. The van der Waals surface area contributed by atoms with Crippen LogP contribution in [0.1, 0.15) is 5.69 Å². The van der Waals surface area contributed by atoms with Crippen LogP contribution in [0.15, 0.2) is 48.7 Å². The van der Waals surface area contributed by atoms with Crippen molar-refractivity contribution in [3.05, 3.63) is 54.4 Å². The number of anilines is 2. The first kappa shape index (κ1) is 15.7. The van der Waals surface area contributed by atoms with Gasteiger partial charge < -0.3 is 14.8 Å². The van der Waals surface area contributed by atoms with Gasteiger partial charge in [0.25, 0.3) is 0 Å². The van der Waals surface area contributed by atoms with Crippen LogP contribution in [0, 0.1) is 6.92 Å². The molecule has 1 N–H and O–H groups in total. The summed E-state index contributed by atoms with van der Waals surface area (Å²) < 4.78 is 10.6. The molecule has 0 aliphatic carbocycles. The zero-order chi connectivity index (χ0) is 16.9. The smallest absolute Gasteiger partial charge is 0.180 e. The Kier molecular flexibility index (Phi) is 4.56. The van der Waals surface area contributed by atoms with Gasteiger partial charge >= 0.3 is 0 Å². The molecule has 3 aromatic rings. The lowest BCUT2D eigenvalue weighted by atomic mass is 10.2. The number of nitrogens with zero attached hydrogens (tertiary/aromatic N) is 3. The fraction of sp³-hybridized carbons (Fsp3) is 0.167. The van der Waals surface area contributed by atoms with Gasteiger partial charge in [0, 0.05) is 24.0 Å². The van der Waals surface area contributed by atoms with E-state index < -0.39 is 0 Å². The van der Waals surface area contributed by atoms with Crippen molar-refractivity contribution in [2.24, 2.45) is 0 Å². The molecule has 1 aromatic carbocycles. The molecule has 2 heterocycles. The fourth-order valence-electron chi connectivity index (χ4n) is 2.28. The van der Waals surface area contributed by atoms with E-state index in [2.05, 4.69) is 20.3 Å². The van der Waals surface area contributed by atoms with Crippen molar-refractivity contribution in [3.8, 4) is 23.0 Å². The maximum Gasteiger partial charge on any atom is 0.180 e. The topological polar surface area (TPSA) is 69.2 Å². The average Bonchev–Trinajstić information content (AvgIpc) is 2.62. The fourth-order valence-corrected chi connectivity index (χ4v) is 2.28. The van der Waals surface area contributed by atoms with Crippen LogP contribution >= 0.6 is 0 Å². The summed E-state index contributed by atoms with van der Waals surface area (Å²) in [7, 11) is 3.24. The number of nitrogens with one attached hydrogen (secondary N) is 1. The highest BCUT2D eigenvalue weighted by Gasteiger charge is 2.09. The molecular formula is C18H18N4O2. The summed E-state index contributed by atoms with van der Waals surface area (Å²) in [6.07, 6.45) is 1.72. The van der Waals surface area contributed by atoms with E-state index in [0.29, 0.717) is 17.4 Å². The molecule has 0 unspecified atom stereocenters. The molecule has 0 radical (unpaired) electrons. The normalized spacial score (nSPS) is 10.3. The van der Waals surface area contributed by atoms with Gasteiger partial charge in [0.2, 0.25) is 0 Å². The number of aryl methyl sites for hydroxylation is 1. The molecule has 6 heteroatoms. The first-order chi connectivity index (χ1) is 11.7. The number of hydrogen-bond acceptors (Lipinski definition) is 6. The van der Waals surface area contributed by atoms with E-state index in [9.17, 15) is 0 Å². The minimum atomic E-state index is 0.575. The lowest BCUT2D eigenvalue weighted by molar-refractivity contribution is 0.395. The highest BCUT2D eigenvalue weighted by molar-refractivity contribution is 5.67. The van der Waals surface area contributed by atoms with Crippen LogP contribution in [-0.2, 0) is 0 Å². The Bertz CT molecular complexity index is 838. The predicted molar refractivity (Wildman–Crippen MR) is 92.8 cm³/mol. The molecule has 3 rings (SSSR count). The Morgan fingerprint density at radius 2 is 1.83 bits per heavy atom. The number of aromatic nitrogens is 3. The minimum Gasteiger partial charge on any atom is -0.497 e. The molecule has 122 valence electrons. The van der Waals surface area contributed by atoms with E-state index in [0.717, 1.165) is 22.8 Å². The Labute approximate surface area is 140 Å². The summed E-state index contributed by atoms with van der Waals surface area (Å²) in [6, 6.07) is 13.1. The zero-order valence-corrected chi connectivity index (χ0v) is 13.8. The van der Waals surface area contributed by atoms with Gasteiger partial charge in [-0.3, -0.25) is 4.98 Å². The van der Waals surface area contributed by atoms with Crippen molar-refractivity contribution in [2.75, 3.05) is 19.5 Å². The van der Waals surface area contributed by atoms with Crippen LogP contribution in [-0.4, -0.2) is 29.2 Å². The number of ether oxygens (including phenoxy) is 2. The summed E-state index contributed by atoms with van der Waals surface area (Å²) in [5, 5.41) is 3.27.